The number of aryl methyl sites for hydroxylation is 1. The number of pyridine rings is 1. The molecular formula is C31H25F6N5O5. The molecule has 47 heavy (non-hydrogen) atoms. The lowest BCUT2D eigenvalue weighted by Gasteiger charge is -2.34. The molecule has 2 fully saturated rings. The van der Waals surface area contributed by atoms with Crippen LogP contribution in [0.25, 0.3) is 11.0 Å². The Bertz CT molecular complexity index is 1910. The monoisotopic (exact) mass is 661 g/mol. The SMILES string of the molecule is Cn1c(C2CC23CCN(c2nc(OCc4ccc(C#N)cc4F)c(F)cc2F)CC3)nc2ccc(C(=O)O)cc21.O=C(O)C(F)(F)F. The number of nitrogens with zero attached hydrogens (tertiary/aromatic N) is 5. The number of hydrogen-bond donors (Lipinski definition) is 2. The van der Waals surface area contributed by atoms with Crippen molar-refractivity contribution in [2.24, 2.45) is 12.5 Å². The minimum absolute atomic E-state index is 0.00418. The van der Waals surface area contributed by atoms with Crippen LogP contribution in [0.15, 0.2) is 42.5 Å². The number of carboxylic acid groups (broad SMARTS) is 2. The number of aromatic nitrogens is 3. The van der Waals surface area contributed by atoms with Crippen LogP contribution < -0.4 is 9.64 Å². The summed E-state index contributed by atoms with van der Waals surface area (Å²) in [4.78, 5) is 30.9. The smallest absolute Gasteiger partial charge is 0.478 e. The quantitative estimate of drug-likeness (QED) is 0.240. The highest BCUT2D eigenvalue weighted by Gasteiger charge is 2.57. The van der Waals surface area contributed by atoms with Crippen LogP contribution in [0.1, 0.15) is 52.5 Å². The van der Waals surface area contributed by atoms with Crippen molar-refractivity contribution >= 4 is 28.8 Å². The predicted octanol–water partition coefficient (Wildman–Crippen LogP) is 5.94. The van der Waals surface area contributed by atoms with Gasteiger partial charge in [0.05, 0.1) is 28.2 Å². The van der Waals surface area contributed by atoms with Crippen molar-refractivity contribution < 1.29 is 50.9 Å². The van der Waals surface area contributed by atoms with E-state index >= 15 is 0 Å². The van der Waals surface area contributed by atoms with Crippen LogP contribution in [0, 0.1) is 34.2 Å². The Kier molecular flexibility index (Phi) is 8.76. The molecule has 2 N–H and O–H groups in total. The molecule has 1 saturated heterocycles. The van der Waals surface area contributed by atoms with Gasteiger partial charge in [0.15, 0.2) is 17.5 Å². The fourth-order valence-electron chi connectivity index (χ4n) is 5.73. The van der Waals surface area contributed by atoms with Crippen LogP contribution in [0.2, 0.25) is 0 Å². The minimum atomic E-state index is -5.08. The van der Waals surface area contributed by atoms with E-state index in [9.17, 15) is 36.2 Å². The van der Waals surface area contributed by atoms with E-state index in [-0.39, 0.29) is 40.4 Å². The number of carbonyl (C=O) groups is 2. The number of ether oxygens (including phenoxy) is 1. The van der Waals surface area contributed by atoms with Crippen LogP contribution in [0.4, 0.5) is 32.2 Å². The van der Waals surface area contributed by atoms with Gasteiger partial charge in [-0.15, -0.1) is 0 Å². The van der Waals surface area contributed by atoms with Gasteiger partial charge >= 0.3 is 18.1 Å². The molecule has 2 aliphatic rings. The molecule has 2 aromatic heterocycles. The van der Waals surface area contributed by atoms with E-state index in [2.05, 4.69) is 4.98 Å². The number of aliphatic carboxylic acids is 1. The summed E-state index contributed by atoms with van der Waals surface area (Å²) in [6.45, 7) is 0.676. The molecule has 246 valence electrons. The van der Waals surface area contributed by atoms with E-state index in [1.54, 1.807) is 23.1 Å². The Morgan fingerprint density at radius 3 is 2.30 bits per heavy atom. The van der Waals surface area contributed by atoms with Crippen LogP contribution in [0.5, 0.6) is 5.88 Å². The summed E-state index contributed by atoms with van der Waals surface area (Å²) >= 11 is 0. The number of fused-ring (bicyclic) bond motifs is 1. The van der Waals surface area contributed by atoms with Crippen molar-refractivity contribution in [2.45, 2.75) is 38.0 Å². The molecule has 1 spiro atoms. The summed E-state index contributed by atoms with van der Waals surface area (Å²) < 4.78 is 82.5. The highest BCUT2D eigenvalue weighted by molar-refractivity contribution is 5.92. The summed E-state index contributed by atoms with van der Waals surface area (Å²) in [6.07, 6.45) is -2.65. The molecule has 1 aliphatic heterocycles. The van der Waals surface area contributed by atoms with Crippen LogP contribution in [0.3, 0.4) is 0 Å². The number of imidazole rings is 1. The number of anilines is 1. The molecule has 4 aromatic rings. The topological polar surface area (TPSA) is 142 Å². The molecule has 6 rings (SSSR count). The van der Waals surface area contributed by atoms with Gasteiger partial charge in [0.25, 0.3) is 5.88 Å². The molecule has 1 aliphatic carbocycles. The van der Waals surface area contributed by atoms with Gasteiger partial charge in [0.2, 0.25) is 0 Å². The normalized spacial score (nSPS) is 16.7. The van der Waals surface area contributed by atoms with E-state index in [1.165, 1.54) is 12.1 Å². The van der Waals surface area contributed by atoms with Gasteiger partial charge in [-0.1, -0.05) is 6.07 Å². The number of piperidine rings is 1. The Labute approximate surface area is 262 Å². The second-order valence-electron chi connectivity index (χ2n) is 11.2. The molecule has 10 nitrogen and oxygen atoms in total. The maximum Gasteiger partial charge on any atom is 0.490 e. The maximum atomic E-state index is 14.8. The Morgan fingerprint density at radius 2 is 1.70 bits per heavy atom. The highest BCUT2D eigenvalue weighted by Crippen LogP contribution is 2.65. The highest BCUT2D eigenvalue weighted by atomic mass is 19.4. The second kappa shape index (κ2) is 12.5. The molecule has 2 aromatic carbocycles. The molecule has 0 bridgehead atoms. The lowest BCUT2D eigenvalue weighted by atomic mass is 9.90. The summed E-state index contributed by atoms with van der Waals surface area (Å²) in [5.74, 6) is -5.54. The van der Waals surface area contributed by atoms with Crippen LogP contribution in [-0.2, 0) is 18.4 Å². The molecule has 1 atom stereocenters. The largest absolute Gasteiger partial charge is 0.490 e. The number of rotatable bonds is 6. The zero-order valence-corrected chi connectivity index (χ0v) is 24.5. The first kappa shape index (κ1) is 33.0. The number of aromatic carboxylic acids is 1. The van der Waals surface area contributed by atoms with Crippen molar-refractivity contribution in [1.82, 2.24) is 14.5 Å². The average Bonchev–Trinajstić information content (AvgIpc) is 3.61. The molecule has 0 radical (unpaired) electrons. The molecule has 3 heterocycles. The van der Waals surface area contributed by atoms with Gasteiger partial charge in [0.1, 0.15) is 18.2 Å². The molecular weight excluding hydrogens is 636 g/mol. The number of benzene rings is 2. The van der Waals surface area contributed by atoms with Gasteiger partial charge in [-0.25, -0.2) is 27.7 Å². The van der Waals surface area contributed by atoms with Crippen molar-refractivity contribution in [1.29, 1.82) is 5.26 Å². The number of halogens is 6. The standard InChI is InChI=1S/C29H24F3N5O3.C2HF3O2/c1-36-24-11-17(28(38)39)4-5-23(24)34-25(36)19-13-29(19)6-8-37(9-7-29)26-21(31)12-22(32)27(35-26)40-15-18-3-2-16(14-33)10-20(18)30;3-2(4,5)1(6)7/h2-5,10-12,19H,6-9,13,15H2,1H3,(H,38,39);(H,6,7). The van der Waals surface area contributed by atoms with Gasteiger partial charge in [-0.2, -0.15) is 23.4 Å². The third-order valence-corrected chi connectivity index (χ3v) is 8.39. The first-order valence-electron chi connectivity index (χ1n) is 14.1. The maximum absolute atomic E-state index is 14.8. The number of carboxylic acids is 2. The van der Waals surface area contributed by atoms with Gasteiger partial charge < -0.3 is 24.4 Å². The fourth-order valence-corrected chi connectivity index (χ4v) is 5.73. The minimum Gasteiger partial charge on any atom is -0.478 e. The van der Waals surface area contributed by atoms with Crippen molar-refractivity contribution in [2.75, 3.05) is 18.0 Å². The van der Waals surface area contributed by atoms with Crippen LogP contribution >= 0.6 is 0 Å². The lowest BCUT2D eigenvalue weighted by molar-refractivity contribution is -0.192. The van der Waals surface area contributed by atoms with Crippen LogP contribution in [-0.4, -0.2) is 56.0 Å². The molecule has 1 saturated carbocycles. The summed E-state index contributed by atoms with van der Waals surface area (Å²) in [7, 11) is 1.89. The van der Waals surface area contributed by atoms with Crippen molar-refractivity contribution in [3.05, 3.63) is 82.4 Å². The first-order valence-corrected chi connectivity index (χ1v) is 14.1. The fraction of sp³-hybridized carbons (Fsp3) is 0.323. The van der Waals surface area contributed by atoms with Gasteiger partial charge in [-0.3, -0.25) is 0 Å². The van der Waals surface area contributed by atoms with E-state index in [1.807, 2.05) is 17.7 Å². The summed E-state index contributed by atoms with van der Waals surface area (Å²) in [5.41, 5.74) is 1.99. The third kappa shape index (κ3) is 6.79. The molecule has 16 heteroatoms. The number of nitriles is 1. The number of alkyl halides is 3. The molecule has 0 amide bonds. The zero-order valence-electron chi connectivity index (χ0n) is 24.5. The molecule has 1 unspecified atom stereocenters. The Morgan fingerprint density at radius 1 is 1.02 bits per heavy atom. The summed E-state index contributed by atoms with van der Waals surface area (Å²) in [6, 6.07) is 11.3. The van der Waals surface area contributed by atoms with Gasteiger partial charge in [0, 0.05) is 37.7 Å². The van der Waals surface area contributed by atoms with Crippen molar-refractivity contribution in [3.8, 4) is 11.9 Å². The lowest BCUT2D eigenvalue weighted by Crippen LogP contribution is -2.36. The van der Waals surface area contributed by atoms with E-state index < -0.39 is 41.4 Å². The number of hydrogen-bond acceptors (Lipinski definition) is 7. The third-order valence-electron chi connectivity index (χ3n) is 8.39. The Balaban J connectivity index is 0.000000559. The average molecular weight is 662 g/mol. The van der Waals surface area contributed by atoms with Crippen molar-refractivity contribution in [3.63, 3.8) is 0 Å². The van der Waals surface area contributed by atoms with Gasteiger partial charge in [-0.05, 0) is 55.0 Å². The summed E-state index contributed by atoms with van der Waals surface area (Å²) in [5, 5.41) is 25.3. The first-order chi connectivity index (χ1) is 22.1. The second-order valence-corrected chi connectivity index (χ2v) is 11.2. The van der Waals surface area contributed by atoms with E-state index in [0.717, 1.165) is 48.3 Å². The Hall–Kier alpha value is -5.33. The zero-order chi connectivity index (χ0) is 34.3. The van der Waals surface area contributed by atoms with E-state index in [0.29, 0.717) is 13.1 Å². The van der Waals surface area contributed by atoms with E-state index in [4.69, 9.17) is 24.9 Å². The predicted molar refractivity (Wildman–Crippen MR) is 152 cm³/mol.